The van der Waals surface area contributed by atoms with E-state index in [2.05, 4.69) is 5.32 Å². The van der Waals surface area contributed by atoms with Gasteiger partial charge in [0.05, 0.1) is 22.3 Å². The number of carboxylic acid groups (broad SMARTS) is 2. The van der Waals surface area contributed by atoms with Gasteiger partial charge in [0.15, 0.2) is 5.78 Å². The van der Waals surface area contributed by atoms with Gasteiger partial charge in [-0.1, -0.05) is 32.0 Å². The summed E-state index contributed by atoms with van der Waals surface area (Å²) < 4.78 is 172. The summed E-state index contributed by atoms with van der Waals surface area (Å²) in [7, 11) is 0. The molecule has 0 saturated heterocycles. The molecule has 2 amide bonds. The van der Waals surface area contributed by atoms with Gasteiger partial charge in [0.2, 0.25) is 0 Å². The van der Waals surface area contributed by atoms with Crippen molar-refractivity contribution in [3.05, 3.63) is 122 Å². The van der Waals surface area contributed by atoms with Crippen LogP contribution in [0.15, 0.2) is 60.7 Å². The number of hydrogen-bond acceptors (Lipinski definition) is 7. The third-order valence-electron chi connectivity index (χ3n) is 10.3. The first-order valence-corrected chi connectivity index (χ1v) is 18.9. The minimum Gasteiger partial charge on any atom is -0.478 e. The topological polar surface area (TPSA) is 190 Å². The molecular weight excluding hydrogens is 916 g/mol. The van der Waals surface area contributed by atoms with Gasteiger partial charge in [-0.05, 0) is 104 Å². The van der Waals surface area contributed by atoms with Crippen molar-refractivity contribution in [2.75, 3.05) is 5.32 Å². The van der Waals surface area contributed by atoms with E-state index in [0.29, 0.717) is 24.3 Å². The van der Waals surface area contributed by atoms with Crippen LogP contribution in [0, 0.1) is 13.8 Å². The van der Waals surface area contributed by atoms with Crippen LogP contribution in [0.3, 0.4) is 0 Å². The number of rotatable bonds is 12. The molecule has 0 aliphatic carbocycles. The van der Waals surface area contributed by atoms with Crippen LogP contribution >= 0.6 is 0 Å². The number of benzene rings is 4. The van der Waals surface area contributed by atoms with Crippen LogP contribution in [0.4, 0.5) is 58.4 Å². The Balaban J connectivity index is 1.97. The first-order chi connectivity index (χ1) is 29.9. The predicted molar refractivity (Wildman–Crippen MR) is 208 cm³/mol. The van der Waals surface area contributed by atoms with Crippen molar-refractivity contribution in [3.63, 3.8) is 0 Å². The smallest absolute Gasteiger partial charge is 0.430 e. The lowest BCUT2D eigenvalue weighted by Gasteiger charge is -2.36. The normalized spacial score (nSPS) is 12.9. The van der Waals surface area contributed by atoms with Gasteiger partial charge >= 0.3 is 36.6 Å². The number of aliphatic hydroxyl groups is 2. The molecule has 0 radical (unpaired) electrons. The molecule has 0 heterocycles. The van der Waals surface area contributed by atoms with Gasteiger partial charge in [-0.3, -0.25) is 14.4 Å². The molecule has 23 heteroatoms. The molecule has 66 heavy (non-hydrogen) atoms. The van der Waals surface area contributed by atoms with Crippen molar-refractivity contribution in [2.24, 2.45) is 0 Å². The third-order valence-corrected chi connectivity index (χ3v) is 10.3. The number of halogens is 12. The van der Waals surface area contributed by atoms with E-state index in [1.54, 1.807) is 19.2 Å². The summed E-state index contributed by atoms with van der Waals surface area (Å²) in [6, 6.07) is 5.26. The molecule has 4 aromatic carbocycles. The van der Waals surface area contributed by atoms with Crippen molar-refractivity contribution in [1.29, 1.82) is 0 Å². The lowest BCUT2D eigenvalue weighted by molar-refractivity contribution is -0.376. The van der Waals surface area contributed by atoms with Crippen molar-refractivity contribution in [3.8, 4) is 11.1 Å². The number of anilines is 1. The second-order valence-electron chi connectivity index (χ2n) is 15.6. The van der Waals surface area contributed by atoms with Crippen molar-refractivity contribution in [1.82, 2.24) is 5.32 Å². The fourth-order valence-electron chi connectivity index (χ4n) is 6.96. The van der Waals surface area contributed by atoms with Gasteiger partial charge < -0.3 is 31.1 Å². The van der Waals surface area contributed by atoms with Crippen LogP contribution in [-0.2, 0) is 11.2 Å². The van der Waals surface area contributed by atoms with E-state index < -0.39 is 144 Å². The van der Waals surface area contributed by atoms with E-state index in [9.17, 15) is 97.1 Å². The molecule has 0 aliphatic heterocycles. The number of carboxylic acids is 2. The number of aromatic carboxylic acids is 2. The molecule has 0 saturated carbocycles. The number of alkyl halides is 12. The highest BCUT2D eigenvalue weighted by molar-refractivity contribution is 6.15. The minimum absolute atomic E-state index is 0.0820. The maximum Gasteiger partial charge on any atom is 0.430 e. The monoisotopic (exact) mass is 952 g/mol. The molecule has 0 bridgehead atoms. The third kappa shape index (κ3) is 9.44. The Morgan fingerprint density at radius 3 is 1.27 bits per heavy atom. The molecule has 11 nitrogen and oxygen atoms in total. The number of carbonyl (C=O) groups excluding carboxylic acids is 3. The fraction of sp³-hybridized carbons (Fsp3) is 0.326. The Morgan fingerprint density at radius 1 is 0.515 bits per heavy atom. The number of nitrogens with one attached hydrogen (secondary N) is 2. The van der Waals surface area contributed by atoms with Gasteiger partial charge in [0, 0.05) is 34.0 Å². The molecule has 0 spiro atoms. The second kappa shape index (κ2) is 17.7. The molecule has 0 fully saturated rings. The number of ketones is 1. The summed E-state index contributed by atoms with van der Waals surface area (Å²) in [5.41, 5.74) is -25.0. The Bertz CT molecular complexity index is 2600. The summed E-state index contributed by atoms with van der Waals surface area (Å²) in [6.07, 6.45) is -26.5. The Labute approximate surface area is 365 Å². The number of amides is 2. The predicted octanol–water partition coefficient (Wildman–Crippen LogP) is 9.74. The van der Waals surface area contributed by atoms with Gasteiger partial charge in [0.25, 0.3) is 23.0 Å². The lowest BCUT2D eigenvalue weighted by atomic mass is 9.79. The summed E-state index contributed by atoms with van der Waals surface area (Å²) in [6.45, 7) is 7.33. The van der Waals surface area contributed by atoms with E-state index >= 15 is 0 Å². The molecule has 4 rings (SSSR count). The van der Waals surface area contributed by atoms with Gasteiger partial charge in [-0.25, -0.2) is 9.59 Å². The largest absolute Gasteiger partial charge is 0.478 e. The first kappa shape index (κ1) is 52.1. The molecule has 0 unspecified atom stereocenters. The van der Waals surface area contributed by atoms with E-state index in [1.807, 2.05) is 0 Å². The van der Waals surface area contributed by atoms with Crippen LogP contribution < -0.4 is 10.6 Å². The van der Waals surface area contributed by atoms with Crippen LogP contribution in [0.1, 0.15) is 119 Å². The molecule has 0 atom stereocenters. The summed E-state index contributed by atoms with van der Waals surface area (Å²) in [5, 5.41) is 44.8. The van der Waals surface area contributed by atoms with E-state index in [-0.39, 0.29) is 23.3 Å². The van der Waals surface area contributed by atoms with Crippen LogP contribution in [0.5, 0.6) is 0 Å². The quantitative estimate of drug-likeness (QED) is 0.0593. The fourth-order valence-corrected chi connectivity index (χ4v) is 6.96. The average Bonchev–Trinajstić information content (AvgIpc) is 3.17. The van der Waals surface area contributed by atoms with E-state index in [0.717, 1.165) is 52.0 Å². The highest BCUT2D eigenvalue weighted by atomic mass is 19.4. The zero-order valence-electron chi connectivity index (χ0n) is 34.8. The van der Waals surface area contributed by atoms with Crippen molar-refractivity contribution >= 4 is 35.2 Å². The average molecular weight is 953 g/mol. The van der Waals surface area contributed by atoms with Crippen LogP contribution in [0.25, 0.3) is 11.1 Å². The first-order valence-electron chi connectivity index (χ1n) is 18.9. The van der Waals surface area contributed by atoms with E-state index in [1.165, 1.54) is 0 Å². The molecule has 0 aromatic heterocycles. The van der Waals surface area contributed by atoms with Gasteiger partial charge in [0.1, 0.15) is 0 Å². The lowest BCUT2D eigenvalue weighted by Crippen LogP contribution is -2.54. The summed E-state index contributed by atoms with van der Waals surface area (Å²) >= 11 is 0. The summed E-state index contributed by atoms with van der Waals surface area (Å²) in [5.74, 6) is -8.58. The Kier molecular flexibility index (Phi) is 14.0. The highest BCUT2D eigenvalue weighted by Crippen LogP contribution is 2.55. The zero-order valence-corrected chi connectivity index (χ0v) is 34.8. The molecule has 6 N–H and O–H groups in total. The van der Waals surface area contributed by atoms with Crippen molar-refractivity contribution in [2.45, 2.75) is 89.4 Å². The maximum absolute atomic E-state index is 14.5. The minimum atomic E-state index is -6.74. The molecule has 356 valence electrons. The molecule has 4 aromatic rings. The summed E-state index contributed by atoms with van der Waals surface area (Å²) in [4.78, 5) is 64.0. The highest BCUT2D eigenvalue weighted by Gasteiger charge is 2.73. The zero-order chi connectivity index (χ0) is 50.6. The number of aryl methyl sites for hydroxylation is 2. The Morgan fingerprint density at radius 2 is 0.894 bits per heavy atom. The van der Waals surface area contributed by atoms with Gasteiger partial charge in [-0.2, -0.15) is 52.7 Å². The standard InChI is InChI=1S/C43H36F12N2O9/c1-17(2)25-11-19(5)26(15-30(25)38(65,40(44,45)46)41(47,48)49)27-16-31(39(66,42(50,51)52)43(53,54)55)32(12-20(27)6)57-35(60)24-10-8-22(14-29(24)37(63)64)33(58)21-7-9-23(28(13-21)36(61)62)34(59)56-18(3)4/h7-18,65-66H,1-6H3,(H,56,59)(H,57,60)(H,61,62)(H,63,64). The molecule has 0 aliphatic rings. The maximum atomic E-state index is 14.5. The van der Waals surface area contributed by atoms with Gasteiger partial charge in [-0.15, -0.1) is 0 Å². The Hall–Kier alpha value is -6.49. The van der Waals surface area contributed by atoms with E-state index in [4.69, 9.17) is 0 Å². The second-order valence-corrected chi connectivity index (χ2v) is 15.6. The van der Waals surface area contributed by atoms with Crippen LogP contribution in [0.2, 0.25) is 0 Å². The number of hydrogen-bond donors (Lipinski definition) is 6. The number of carbonyl (C=O) groups is 5. The SMILES string of the molecule is Cc1cc(NC(=O)c2ccc(C(=O)c3ccc(C(=O)NC(C)C)c(C(=O)O)c3)cc2C(=O)O)c(C(O)(C(F)(F)F)C(F)(F)F)cc1-c1cc(C(O)(C(F)(F)F)C(F)(F)F)c(C(C)C)cc1C. The van der Waals surface area contributed by atoms with Crippen molar-refractivity contribution < 1.29 is 97.1 Å². The molecular formula is C43H36F12N2O9. The van der Waals surface area contributed by atoms with Crippen LogP contribution in [-0.4, -0.2) is 80.7 Å².